The lowest BCUT2D eigenvalue weighted by Gasteiger charge is -1.97. The number of aryl methyl sites for hydroxylation is 1. The number of anilines is 1. The van der Waals surface area contributed by atoms with Crippen molar-refractivity contribution in [1.82, 2.24) is 19.7 Å². The minimum atomic E-state index is -0.226. The van der Waals surface area contributed by atoms with E-state index in [1.165, 1.54) is 0 Å². The first-order chi connectivity index (χ1) is 8.15. The molecule has 0 fully saturated rings. The molecule has 0 unspecified atom stereocenters. The summed E-state index contributed by atoms with van der Waals surface area (Å²) >= 11 is 0. The largest absolute Gasteiger partial charge is 0.384 e. The standard InChI is InChI=1S/C11H11N5O/c1-16-9(12)5-8(15-16)6-3-2-4-7-10(6)14-11(17)13-7/h2-5H,12H2,1H3,(H2,13,14,17). The van der Waals surface area contributed by atoms with E-state index in [0.717, 1.165) is 22.3 Å². The summed E-state index contributed by atoms with van der Waals surface area (Å²) in [5, 5.41) is 4.30. The van der Waals surface area contributed by atoms with Gasteiger partial charge in [-0.25, -0.2) is 4.79 Å². The zero-order valence-electron chi connectivity index (χ0n) is 9.19. The van der Waals surface area contributed by atoms with Gasteiger partial charge in [0.2, 0.25) is 0 Å². The van der Waals surface area contributed by atoms with Gasteiger partial charge in [-0.1, -0.05) is 12.1 Å². The maximum atomic E-state index is 11.3. The Labute approximate surface area is 96.1 Å². The third-order valence-electron chi connectivity index (χ3n) is 2.74. The molecule has 1 aromatic carbocycles. The summed E-state index contributed by atoms with van der Waals surface area (Å²) in [6.45, 7) is 0. The third kappa shape index (κ3) is 1.42. The number of hydrogen-bond acceptors (Lipinski definition) is 3. The topological polar surface area (TPSA) is 92.5 Å². The number of para-hydroxylation sites is 1. The summed E-state index contributed by atoms with van der Waals surface area (Å²) in [6, 6.07) is 7.38. The third-order valence-corrected chi connectivity index (χ3v) is 2.74. The number of aromatic amines is 2. The van der Waals surface area contributed by atoms with Gasteiger partial charge in [-0.3, -0.25) is 4.68 Å². The smallest absolute Gasteiger partial charge is 0.323 e. The van der Waals surface area contributed by atoms with E-state index in [2.05, 4.69) is 15.1 Å². The Morgan fingerprint density at radius 1 is 1.35 bits per heavy atom. The first-order valence-corrected chi connectivity index (χ1v) is 5.16. The molecule has 6 heteroatoms. The van der Waals surface area contributed by atoms with Crippen molar-refractivity contribution in [3.05, 3.63) is 34.7 Å². The Kier molecular flexibility index (Phi) is 1.85. The van der Waals surface area contributed by atoms with Crippen molar-refractivity contribution >= 4 is 16.9 Å². The van der Waals surface area contributed by atoms with E-state index in [1.54, 1.807) is 17.8 Å². The fourth-order valence-corrected chi connectivity index (χ4v) is 1.89. The molecule has 0 aliphatic carbocycles. The van der Waals surface area contributed by atoms with Gasteiger partial charge >= 0.3 is 5.69 Å². The van der Waals surface area contributed by atoms with Crippen molar-refractivity contribution in [3.63, 3.8) is 0 Å². The highest BCUT2D eigenvalue weighted by atomic mass is 16.1. The summed E-state index contributed by atoms with van der Waals surface area (Å²) in [5.41, 5.74) is 8.63. The second kappa shape index (κ2) is 3.24. The van der Waals surface area contributed by atoms with Gasteiger partial charge < -0.3 is 15.7 Å². The molecule has 0 radical (unpaired) electrons. The van der Waals surface area contributed by atoms with Crippen LogP contribution in [0.25, 0.3) is 22.3 Å². The van der Waals surface area contributed by atoms with E-state index in [0.29, 0.717) is 5.82 Å². The van der Waals surface area contributed by atoms with Crippen LogP contribution in [-0.4, -0.2) is 19.7 Å². The van der Waals surface area contributed by atoms with Gasteiger partial charge in [0.15, 0.2) is 0 Å². The number of fused-ring (bicyclic) bond motifs is 1. The second-order valence-corrected chi connectivity index (χ2v) is 3.89. The molecule has 0 saturated heterocycles. The minimum absolute atomic E-state index is 0.226. The summed E-state index contributed by atoms with van der Waals surface area (Å²) in [4.78, 5) is 16.7. The first-order valence-electron chi connectivity index (χ1n) is 5.16. The van der Waals surface area contributed by atoms with E-state index >= 15 is 0 Å². The van der Waals surface area contributed by atoms with E-state index in [-0.39, 0.29) is 5.69 Å². The maximum Gasteiger partial charge on any atom is 0.323 e. The lowest BCUT2D eigenvalue weighted by atomic mass is 10.1. The van der Waals surface area contributed by atoms with Crippen molar-refractivity contribution in [3.8, 4) is 11.3 Å². The van der Waals surface area contributed by atoms with Crippen molar-refractivity contribution < 1.29 is 0 Å². The van der Waals surface area contributed by atoms with Gasteiger partial charge in [-0.15, -0.1) is 0 Å². The highest BCUT2D eigenvalue weighted by molar-refractivity contribution is 5.90. The van der Waals surface area contributed by atoms with Crippen LogP contribution in [0.1, 0.15) is 0 Å². The molecule has 2 aromatic heterocycles. The lowest BCUT2D eigenvalue weighted by molar-refractivity contribution is 0.782. The Morgan fingerprint density at radius 3 is 2.88 bits per heavy atom. The number of aromatic nitrogens is 4. The molecule has 0 aliphatic rings. The van der Waals surface area contributed by atoms with Crippen LogP contribution in [0.15, 0.2) is 29.1 Å². The molecule has 0 atom stereocenters. The average molecular weight is 229 g/mol. The van der Waals surface area contributed by atoms with Gasteiger partial charge in [0.1, 0.15) is 5.82 Å². The van der Waals surface area contributed by atoms with Crippen LogP contribution >= 0.6 is 0 Å². The second-order valence-electron chi connectivity index (χ2n) is 3.89. The summed E-state index contributed by atoms with van der Waals surface area (Å²) < 4.78 is 1.60. The molecule has 0 spiro atoms. The molecule has 17 heavy (non-hydrogen) atoms. The maximum absolute atomic E-state index is 11.3. The van der Waals surface area contributed by atoms with Gasteiger partial charge in [-0.05, 0) is 6.07 Å². The Balaban J connectivity index is 2.33. The van der Waals surface area contributed by atoms with Gasteiger partial charge in [0, 0.05) is 18.7 Å². The lowest BCUT2D eigenvalue weighted by Crippen LogP contribution is -1.99. The van der Waals surface area contributed by atoms with E-state index in [4.69, 9.17) is 5.73 Å². The minimum Gasteiger partial charge on any atom is -0.384 e. The van der Waals surface area contributed by atoms with Crippen molar-refractivity contribution in [2.45, 2.75) is 0 Å². The molecule has 0 saturated carbocycles. The zero-order valence-corrected chi connectivity index (χ0v) is 9.19. The van der Waals surface area contributed by atoms with Gasteiger partial charge in [0.05, 0.1) is 16.7 Å². The number of imidazole rings is 1. The summed E-state index contributed by atoms with van der Waals surface area (Å²) in [5.74, 6) is 0.579. The van der Waals surface area contributed by atoms with E-state index in [1.807, 2.05) is 18.2 Å². The average Bonchev–Trinajstić information content (AvgIpc) is 2.81. The Morgan fingerprint density at radius 2 is 2.18 bits per heavy atom. The fraction of sp³-hybridized carbons (Fsp3) is 0.0909. The molecule has 2 heterocycles. The van der Waals surface area contributed by atoms with Crippen LogP contribution in [0.3, 0.4) is 0 Å². The molecule has 0 bridgehead atoms. The number of H-pyrrole nitrogens is 2. The summed E-state index contributed by atoms with van der Waals surface area (Å²) in [6.07, 6.45) is 0. The number of rotatable bonds is 1. The SMILES string of the molecule is Cn1nc(-c2cccc3[nH]c(=O)[nH]c23)cc1N. The van der Waals surface area contributed by atoms with E-state index < -0.39 is 0 Å². The van der Waals surface area contributed by atoms with E-state index in [9.17, 15) is 4.79 Å². The molecule has 4 N–H and O–H groups in total. The molecule has 6 nitrogen and oxygen atoms in total. The number of nitrogens with two attached hydrogens (primary N) is 1. The predicted molar refractivity (Wildman–Crippen MR) is 65.5 cm³/mol. The highest BCUT2D eigenvalue weighted by Crippen LogP contribution is 2.25. The molecular weight excluding hydrogens is 218 g/mol. The number of hydrogen-bond donors (Lipinski definition) is 3. The van der Waals surface area contributed by atoms with Crippen LogP contribution in [0, 0.1) is 0 Å². The normalized spacial score (nSPS) is 11.1. The number of nitrogen functional groups attached to an aromatic ring is 1. The number of nitrogens with one attached hydrogen (secondary N) is 2. The molecule has 0 aliphatic heterocycles. The van der Waals surface area contributed by atoms with Crippen LogP contribution in [-0.2, 0) is 7.05 Å². The monoisotopic (exact) mass is 229 g/mol. The Hall–Kier alpha value is -2.50. The highest BCUT2D eigenvalue weighted by Gasteiger charge is 2.10. The van der Waals surface area contributed by atoms with Crippen LogP contribution in [0.2, 0.25) is 0 Å². The van der Waals surface area contributed by atoms with Gasteiger partial charge in [-0.2, -0.15) is 5.10 Å². The molecule has 3 aromatic rings. The van der Waals surface area contributed by atoms with Crippen molar-refractivity contribution in [1.29, 1.82) is 0 Å². The van der Waals surface area contributed by atoms with Crippen molar-refractivity contribution in [2.75, 3.05) is 5.73 Å². The predicted octanol–water partition coefficient (Wildman–Crippen LogP) is 0.839. The molecule has 86 valence electrons. The molecule has 3 rings (SSSR count). The molecular formula is C11H11N5O. The Bertz CT molecular complexity index is 729. The number of nitrogens with zero attached hydrogens (tertiary/aromatic N) is 2. The van der Waals surface area contributed by atoms with Crippen LogP contribution < -0.4 is 11.4 Å². The number of benzene rings is 1. The molecule has 0 amide bonds. The van der Waals surface area contributed by atoms with Crippen molar-refractivity contribution in [2.24, 2.45) is 7.05 Å². The first kappa shape index (κ1) is 9.71. The van der Waals surface area contributed by atoms with Gasteiger partial charge in [0.25, 0.3) is 0 Å². The zero-order chi connectivity index (χ0) is 12.0. The van der Waals surface area contributed by atoms with Crippen LogP contribution in [0.4, 0.5) is 5.82 Å². The van der Waals surface area contributed by atoms with Crippen LogP contribution in [0.5, 0.6) is 0 Å². The quantitative estimate of drug-likeness (QED) is 0.577. The summed E-state index contributed by atoms with van der Waals surface area (Å²) in [7, 11) is 1.78. The fourth-order valence-electron chi connectivity index (χ4n) is 1.89.